The highest BCUT2D eigenvalue weighted by Gasteiger charge is 2.24. The molecule has 0 aromatic carbocycles. The van der Waals surface area contributed by atoms with Crippen molar-refractivity contribution in [2.45, 2.75) is 57.9 Å². The number of carbonyl (C=O) groups is 1. The van der Waals surface area contributed by atoms with Crippen molar-refractivity contribution in [1.29, 1.82) is 0 Å². The van der Waals surface area contributed by atoms with Crippen molar-refractivity contribution in [1.82, 2.24) is 10.6 Å². The van der Waals surface area contributed by atoms with Gasteiger partial charge in [-0.25, -0.2) is 0 Å². The number of piperidine rings is 1. The van der Waals surface area contributed by atoms with Crippen LogP contribution in [-0.4, -0.2) is 25.0 Å². The molecule has 3 heteroatoms. The van der Waals surface area contributed by atoms with Crippen LogP contribution in [0.1, 0.15) is 51.9 Å². The van der Waals surface area contributed by atoms with Crippen molar-refractivity contribution in [3.05, 3.63) is 0 Å². The van der Waals surface area contributed by atoms with Gasteiger partial charge in [-0.2, -0.15) is 0 Å². The first-order valence-electron chi connectivity index (χ1n) is 7.24. The molecule has 2 rings (SSSR count). The highest BCUT2D eigenvalue weighted by atomic mass is 16.1. The fraction of sp³-hybridized carbons (Fsp3) is 0.929. The van der Waals surface area contributed by atoms with Gasteiger partial charge >= 0.3 is 0 Å². The van der Waals surface area contributed by atoms with E-state index in [1.807, 2.05) is 0 Å². The van der Waals surface area contributed by atoms with Crippen molar-refractivity contribution in [2.75, 3.05) is 13.1 Å². The molecule has 3 nitrogen and oxygen atoms in total. The van der Waals surface area contributed by atoms with Crippen LogP contribution in [0.15, 0.2) is 0 Å². The molecule has 0 spiro atoms. The van der Waals surface area contributed by atoms with Crippen molar-refractivity contribution in [3.8, 4) is 0 Å². The fourth-order valence-corrected chi connectivity index (χ4v) is 2.77. The van der Waals surface area contributed by atoms with E-state index in [1.165, 1.54) is 32.1 Å². The molecule has 17 heavy (non-hydrogen) atoms. The SMILES string of the molecule is CC(CC1CC1)NC(=O)CCC1CCNCC1. The Hall–Kier alpha value is -0.570. The highest BCUT2D eigenvalue weighted by Crippen LogP contribution is 2.33. The van der Waals surface area contributed by atoms with Gasteiger partial charge < -0.3 is 10.6 Å². The third-order valence-electron chi connectivity index (χ3n) is 4.03. The minimum Gasteiger partial charge on any atom is -0.354 e. The van der Waals surface area contributed by atoms with E-state index < -0.39 is 0 Å². The van der Waals surface area contributed by atoms with E-state index in [1.54, 1.807) is 0 Å². The first-order chi connectivity index (χ1) is 8.24. The van der Waals surface area contributed by atoms with Crippen LogP contribution < -0.4 is 10.6 Å². The summed E-state index contributed by atoms with van der Waals surface area (Å²) < 4.78 is 0. The van der Waals surface area contributed by atoms with E-state index in [0.717, 1.165) is 37.8 Å². The molecule has 1 amide bonds. The second-order valence-corrected chi connectivity index (χ2v) is 5.88. The number of hydrogen-bond donors (Lipinski definition) is 2. The Kier molecular flexibility index (Phi) is 4.84. The monoisotopic (exact) mass is 238 g/mol. The summed E-state index contributed by atoms with van der Waals surface area (Å²) >= 11 is 0. The zero-order chi connectivity index (χ0) is 12.1. The molecule has 0 aromatic rings. The summed E-state index contributed by atoms with van der Waals surface area (Å²) in [4.78, 5) is 11.8. The minimum absolute atomic E-state index is 0.261. The number of rotatable bonds is 6. The van der Waals surface area contributed by atoms with E-state index in [9.17, 15) is 4.79 Å². The van der Waals surface area contributed by atoms with Gasteiger partial charge in [0.1, 0.15) is 0 Å². The molecule has 1 heterocycles. The molecule has 2 aliphatic rings. The molecule has 0 radical (unpaired) electrons. The molecule has 0 bridgehead atoms. The summed E-state index contributed by atoms with van der Waals surface area (Å²) in [6.45, 7) is 4.40. The van der Waals surface area contributed by atoms with Gasteiger partial charge in [-0.1, -0.05) is 12.8 Å². The Morgan fingerprint density at radius 2 is 1.94 bits per heavy atom. The normalized spacial score (nSPS) is 23.4. The predicted octanol–water partition coefficient (Wildman–Crippen LogP) is 2.07. The maximum atomic E-state index is 11.8. The molecule has 2 fully saturated rings. The van der Waals surface area contributed by atoms with Crippen molar-refractivity contribution >= 4 is 5.91 Å². The van der Waals surface area contributed by atoms with Crippen molar-refractivity contribution in [2.24, 2.45) is 11.8 Å². The van der Waals surface area contributed by atoms with Gasteiger partial charge in [0, 0.05) is 12.5 Å². The van der Waals surface area contributed by atoms with E-state index in [0.29, 0.717) is 6.04 Å². The summed E-state index contributed by atoms with van der Waals surface area (Å²) in [6.07, 6.45) is 8.20. The molecule has 1 aliphatic carbocycles. The summed E-state index contributed by atoms with van der Waals surface area (Å²) in [7, 11) is 0. The first-order valence-corrected chi connectivity index (χ1v) is 7.24. The minimum atomic E-state index is 0.261. The summed E-state index contributed by atoms with van der Waals surface area (Å²) in [5, 5.41) is 6.50. The number of carbonyl (C=O) groups excluding carboxylic acids is 1. The molecule has 1 saturated heterocycles. The van der Waals surface area contributed by atoms with E-state index in [4.69, 9.17) is 0 Å². The Bertz CT molecular complexity index is 245. The van der Waals surface area contributed by atoms with Gasteiger partial charge in [0.15, 0.2) is 0 Å². The molecule has 2 N–H and O–H groups in total. The topological polar surface area (TPSA) is 41.1 Å². The van der Waals surface area contributed by atoms with E-state index >= 15 is 0 Å². The van der Waals surface area contributed by atoms with Crippen LogP contribution in [0.5, 0.6) is 0 Å². The molecule has 1 aliphatic heterocycles. The number of amides is 1. The van der Waals surface area contributed by atoms with Crippen LogP contribution in [-0.2, 0) is 4.79 Å². The van der Waals surface area contributed by atoms with Gasteiger partial charge in [-0.3, -0.25) is 4.79 Å². The van der Waals surface area contributed by atoms with Gasteiger partial charge in [-0.05, 0) is 57.5 Å². The Morgan fingerprint density at radius 3 is 2.59 bits per heavy atom. The van der Waals surface area contributed by atoms with Crippen LogP contribution in [0.4, 0.5) is 0 Å². The lowest BCUT2D eigenvalue weighted by atomic mass is 9.93. The average molecular weight is 238 g/mol. The molecular weight excluding hydrogens is 212 g/mol. The van der Waals surface area contributed by atoms with Crippen molar-refractivity contribution in [3.63, 3.8) is 0 Å². The molecular formula is C14H26N2O. The lowest BCUT2D eigenvalue weighted by Crippen LogP contribution is -2.34. The van der Waals surface area contributed by atoms with Crippen LogP contribution in [0.25, 0.3) is 0 Å². The second kappa shape index (κ2) is 6.39. The lowest BCUT2D eigenvalue weighted by molar-refractivity contribution is -0.122. The smallest absolute Gasteiger partial charge is 0.220 e. The number of hydrogen-bond acceptors (Lipinski definition) is 2. The van der Waals surface area contributed by atoms with Gasteiger partial charge in [0.2, 0.25) is 5.91 Å². The van der Waals surface area contributed by atoms with Crippen LogP contribution in [0, 0.1) is 11.8 Å². The zero-order valence-corrected chi connectivity index (χ0v) is 11.0. The third-order valence-corrected chi connectivity index (χ3v) is 4.03. The van der Waals surface area contributed by atoms with Crippen LogP contribution in [0.3, 0.4) is 0 Å². The third kappa shape index (κ3) is 5.07. The molecule has 98 valence electrons. The summed E-state index contributed by atoms with van der Waals surface area (Å²) in [5.74, 6) is 1.92. The van der Waals surface area contributed by atoms with Gasteiger partial charge in [-0.15, -0.1) is 0 Å². The largest absolute Gasteiger partial charge is 0.354 e. The maximum Gasteiger partial charge on any atom is 0.220 e. The Labute approximate surface area is 105 Å². The number of nitrogens with one attached hydrogen (secondary N) is 2. The first kappa shape index (κ1) is 12.9. The molecule has 0 aromatic heterocycles. The Morgan fingerprint density at radius 1 is 1.24 bits per heavy atom. The quantitative estimate of drug-likeness (QED) is 0.744. The molecule has 1 atom stereocenters. The average Bonchev–Trinajstić information content (AvgIpc) is 3.11. The van der Waals surface area contributed by atoms with Gasteiger partial charge in [0.25, 0.3) is 0 Å². The second-order valence-electron chi connectivity index (χ2n) is 5.88. The summed E-state index contributed by atoms with van der Waals surface area (Å²) in [6, 6.07) is 0.378. The molecule has 1 unspecified atom stereocenters. The van der Waals surface area contributed by atoms with Crippen LogP contribution in [0.2, 0.25) is 0 Å². The predicted molar refractivity (Wildman–Crippen MR) is 69.8 cm³/mol. The van der Waals surface area contributed by atoms with Crippen LogP contribution >= 0.6 is 0 Å². The van der Waals surface area contributed by atoms with E-state index in [2.05, 4.69) is 17.6 Å². The van der Waals surface area contributed by atoms with E-state index in [-0.39, 0.29) is 5.91 Å². The van der Waals surface area contributed by atoms with Crippen molar-refractivity contribution < 1.29 is 4.79 Å². The Balaban J connectivity index is 1.55. The standard InChI is InChI=1S/C14H26N2O/c1-11(10-13-2-3-13)16-14(17)5-4-12-6-8-15-9-7-12/h11-13,15H,2-10H2,1H3,(H,16,17). The zero-order valence-electron chi connectivity index (χ0n) is 11.0. The maximum absolute atomic E-state index is 11.8. The molecule has 1 saturated carbocycles. The lowest BCUT2D eigenvalue weighted by Gasteiger charge is -2.22. The summed E-state index contributed by atoms with van der Waals surface area (Å²) in [5.41, 5.74) is 0. The highest BCUT2D eigenvalue weighted by molar-refractivity contribution is 5.76. The fourth-order valence-electron chi connectivity index (χ4n) is 2.77. The van der Waals surface area contributed by atoms with Gasteiger partial charge in [0.05, 0.1) is 0 Å².